The fraction of sp³-hybridized carbons (Fsp3) is 1.00. The van der Waals surface area contributed by atoms with Crippen LogP contribution in [0.4, 0.5) is 0 Å². The van der Waals surface area contributed by atoms with Crippen molar-refractivity contribution in [1.82, 2.24) is 10.2 Å². The molecule has 3 heteroatoms. The van der Waals surface area contributed by atoms with Gasteiger partial charge in [0.15, 0.2) is 0 Å². The molecular weight excluding hydrogens is 224 g/mol. The van der Waals surface area contributed by atoms with E-state index in [4.69, 9.17) is 4.74 Å². The number of piperidine rings is 1. The first kappa shape index (κ1) is 14.3. The zero-order valence-corrected chi connectivity index (χ0v) is 12.2. The van der Waals surface area contributed by atoms with Gasteiger partial charge in [-0.3, -0.25) is 4.90 Å². The number of hydrogen-bond donors (Lipinski definition) is 1. The molecule has 1 saturated carbocycles. The summed E-state index contributed by atoms with van der Waals surface area (Å²) in [5.74, 6) is 1.01. The van der Waals surface area contributed by atoms with E-state index in [1.54, 1.807) is 7.11 Å². The minimum absolute atomic E-state index is 0.693. The fourth-order valence-corrected chi connectivity index (χ4v) is 3.81. The van der Waals surface area contributed by atoms with Gasteiger partial charge in [0.1, 0.15) is 0 Å². The van der Waals surface area contributed by atoms with Gasteiger partial charge in [-0.15, -0.1) is 0 Å². The summed E-state index contributed by atoms with van der Waals surface area (Å²) in [5, 5.41) is 3.58. The van der Waals surface area contributed by atoms with Crippen molar-refractivity contribution in [2.75, 3.05) is 33.4 Å². The standard InChI is InChI=1S/C15H30N2O/c1-13(12-16-9-5-11-18-2)17-10-4-7-14-6-3-8-15(14)17/h13-16H,3-12H2,1-2H3. The summed E-state index contributed by atoms with van der Waals surface area (Å²) in [5.41, 5.74) is 0. The van der Waals surface area contributed by atoms with Crippen LogP contribution < -0.4 is 5.32 Å². The zero-order chi connectivity index (χ0) is 12.8. The van der Waals surface area contributed by atoms with Gasteiger partial charge in [0.25, 0.3) is 0 Å². The maximum absolute atomic E-state index is 5.07. The van der Waals surface area contributed by atoms with E-state index in [9.17, 15) is 0 Å². The Morgan fingerprint density at radius 3 is 2.94 bits per heavy atom. The fourth-order valence-electron chi connectivity index (χ4n) is 3.81. The Morgan fingerprint density at radius 2 is 2.11 bits per heavy atom. The second-order valence-corrected chi connectivity index (χ2v) is 6.04. The minimum Gasteiger partial charge on any atom is -0.385 e. The van der Waals surface area contributed by atoms with Crippen molar-refractivity contribution in [2.24, 2.45) is 5.92 Å². The maximum atomic E-state index is 5.07. The van der Waals surface area contributed by atoms with Crippen LogP contribution in [0.3, 0.4) is 0 Å². The van der Waals surface area contributed by atoms with Crippen LogP contribution in [0.15, 0.2) is 0 Å². The van der Waals surface area contributed by atoms with Crippen LogP contribution in [0, 0.1) is 5.92 Å². The summed E-state index contributed by atoms with van der Waals surface area (Å²) in [7, 11) is 1.77. The van der Waals surface area contributed by atoms with Gasteiger partial charge < -0.3 is 10.1 Å². The number of likely N-dealkylation sites (tertiary alicyclic amines) is 1. The molecule has 18 heavy (non-hydrogen) atoms. The van der Waals surface area contributed by atoms with Gasteiger partial charge in [0.05, 0.1) is 0 Å². The molecule has 0 aromatic heterocycles. The van der Waals surface area contributed by atoms with E-state index in [-0.39, 0.29) is 0 Å². The van der Waals surface area contributed by atoms with Crippen LogP contribution in [0.5, 0.6) is 0 Å². The van der Waals surface area contributed by atoms with E-state index in [0.717, 1.165) is 38.1 Å². The highest BCUT2D eigenvalue weighted by Crippen LogP contribution is 2.37. The van der Waals surface area contributed by atoms with Gasteiger partial charge in [0, 0.05) is 32.3 Å². The number of nitrogens with zero attached hydrogens (tertiary/aromatic N) is 1. The third-order valence-electron chi connectivity index (χ3n) is 4.74. The van der Waals surface area contributed by atoms with Gasteiger partial charge in [-0.25, -0.2) is 0 Å². The summed E-state index contributed by atoms with van der Waals surface area (Å²) in [6.45, 7) is 6.80. The zero-order valence-electron chi connectivity index (χ0n) is 12.2. The molecule has 2 rings (SSSR count). The number of nitrogens with one attached hydrogen (secondary N) is 1. The molecule has 0 bridgehead atoms. The van der Waals surface area contributed by atoms with Crippen molar-refractivity contribution in [3.8, 4) is 0 Å². The molecule has 0 radical (unpaired) electrons. The van der Waals surface area contributed by atoms with E-state index in [0.29, 0.717) is 6.04 Å². The largest absolute Gasteiger partial charge is 0.385 e. The highest BCUT2D eigenvalue weighted by Gasteiger charge is 2.36. The summed E-state index contributed by atoms with van der Waals surface area (Å²) in [6, 6.07) is 1.59. The Kier molecular flexibility index (Phi) is 5.93. The molecule has 1 saturated heterocycles. The molecule has 0 aromatic carbocycles. The van der Waals surface area contributed by atoms with Crippen LogP contribution in [0.2, 0.25) is 0 Å². The normalized spacial score (nSPS) is 30.3. The van der Waals surface area contributed by atoms with E-state index < -0.39 is 0 Å². The van der Waals surface area contributed by atoms with E-state index >= 15 is 0 Å². The topological polar surface area (TPSA) is 24.5 Å². The molecular formula is C15H30N2O. The Hall–Kier alpha value is -0.120. The molecule has 1 heterocycles. The third-order valence-corrected chi connectivity index (χ3v) is 4.74. The summed E-state index contributed by atoms with van der Waals surface area (Å²) in [4.78, 5) is 2.78. The minimum atomic E-state index is 0.693. The quantitative estimate of drug-likeness (QED) is 0.705. The van der Waals surface area contributed by atoms with Crippen LogP contribution >= 0.6 is 0 Å². The molecule has 3 nitrogen and oxygen atoms in total. The van der Waals surface area contributed by atoms with Crippen molar-refractivity contribution in [2.45, 2.75) is 57.5 Å². The van der Waals surface area contributed by atoms with Gasteiger partial charge in [-0.05, 0) is 58.0 Å². The molecule has 1 aliphatic carbocycles. The molecule has 3 unspecified atom stereocenters. The second kappa shape index (κ2) is 7.46. The first-order chi connectivity index (χ1) is 8.83. The average Bonchev–Trinajstić information content (AvgIpc) is 2.86. The molecule has 0 aromatic rings. The van der Waals surface area contributed by atoms with Crippen LogP contribution in [-0.4, -0.2) is 50.3 Å². The Labute approximate surface area is 112 Å². The molecule has 106 valence electrons. The van der Waals surface area contributed by atoms with E-state index in [1.807, 2.05) is 0 Å². The highest BCUT2D eigenvalue weighted by molar-refractivity contribution is 4.91. The van der Waals surface area contributed by atoms with Crippen LogP contribution in [0.1, 0.15) is 45.4 Å². The van der Waals surface area contributed by atoms with E-state index in [1.165, 1.54) is 38.6 Å². The predicted octanol–water partition coefficient (Wildman–Crippen LogP) is 2.27. The first-order valence-corrected chi connectivity index (χ1v) is 7.78. The van der Waals surface area contributed by atoms with Gasteiger partial charge in [-0.1, -0.05) is 6.42 Å². The summed E-state index contributed by atoms with van der Waals surface area (Å²) in [6.07, 6.45) is 8.40. The highest BCUT2D eigenvalue weighted by atomic mass is 16.5. The van der Waals surface area contributed by atoms with Gasteiger partial charge in [-0.2, -0.15) is 0 Å². The molecule has 1 N–H and O–H groups in total. The molecule has 2 fully saturated rings. The number of rotatable bonds is 7. The van der Waals surface area contributed by atoms with Gasteiger partial charge >= 0.3 is 0 Å². The smallest absolute Gasteiger partial charge is 0.0474 e. The number of hydrogen-bond acceptors (Lipinski definition) is 3. The summed E-state index contributed by atoms with van der Waals surface area (Å²) >= 11 is 0. The Bertz CT molecular complexity index is 235. The lowest BCUT2D eigenvalue weighted by molar-refractivity contribution is 0.0741. The first-order valence-electron chi connectivity index (χ1n) is 7.78. The Balaban J connectivity index is 1.69. The van der Waals surface area contributed by atoms with Crippen molar-refractivity contribution >= 4 is 0 Å². The lowest BCUT2D eigenvalue weighted by Crippen LogP contribution is -2.50. The number of ether oxygens (including phenoxy) is 1. The predicted molar refractivity (Wildman–Crippen MR) is 75.9 cm³/mol. The number of methoxy groups -OCH3 is 1. The van der Waals surface area contributed by atoms with Crippen molar-refractivity contribution in [1.29, 1.82) is 0 Å². The monoisotopic (exact) mass is 254 g/mol. The maximum Gasteiger partial charge on any atom is 0.0474 e. The molecule has 0 spiro atoms. The van der Waals surface area contributed by atoms with Crippen LogP contribution in [-0.2, 0) is 4.74 Å². The summed E-state index contributed by atoms with van der Waals surface area (Å²) < 4.78 is 5.07. The van der Waals surface area contributed by atoms with Crippen molar-refractivity contribution in [3.05, 3.63) is 0 Å². The SMILES string of the molecule is COCCCNCC(C)N1CCCC2CCCC21. The molecule has 2 aliphatic rings. The lowest BCUT2D eigenvalue weighted by Gasteiger charge is -2.41. The number of fused-ring (bicyclic) bond motifs is 1. The van der Waals surface area contributed by atoms with Crippen molar-refractivity contribution < 1.29 is 4.74 Å². The molecule has 3 atom stereocenters. The second-order valence-electron chi connectivity index (χ2n) is 6.04. The average molecular weight is 254 g/mol. The van der Waals surface area contributed by atoms with E-state index in [2.05, 4.69) is 17.1 Å². The van der Waals surface area contributed by atoms with Gasteiger partial charge in [0.2, 0.25) is 0 Å². The Morgan fingerprint density at radius 1 is 1.28 bits per heavy atom. The van der Waals surface area contributed by atoms with Crippen LogP contribution in [0.25, 0.3) is 0 Å². The lowest BCUT2D eigenvalue weighted by atomic mass is 9.91. The third kappa shape index (κ3) is 3.69. The molecule has 0 amide bonds. The van der Waals surface area contributed by atoms with Crippen molar-refractivity contribution in [3.63, 3.8) is 0 Å². The molecule has 1 aliphatic heterocycles.